The first kappa shape index (κ1) is 12.9. The largest absolute Gasteiger partial charge is 0.478 e. The molecule has 1 saturated heterocycles. The fourth-order valence-electron chi connectivity index (χ4n) is 3.19. The Balaban J connectivity index is 1.69. The lowest BCUT2D eigenvalue weighted by molar-refractivity contribution is -0.136. The summed E-state index contributed by atoms with van der Waals surface area (Å²) < 4.78 is 0. The molecule has 0 aromatic heterocycles. The van der Waals surface area contributed by atoms with Gasteiger partial charge >= 0.3 is 5.97 Å². The molecule has 1 aliphatic carbocycles. The Morgan fingerprint density at radius 2 is 2.05 bits per heavy atom. The summed E-state index contributed by atoms with van der Waals surface area (Å²) in [6, 6.07) is 10.2. The number of nitrogens with zero attached hydrogens (tertiary/aromatic N) is 1. The van der Waals surface area contributed by atoms with Gasteiger partial charge in [-0.1, -0.05) is 36.4 Å². The van der Waals surface area contributed by atoms with Crippen LogP contribution >= 0.6 is 0 Å². The molecule has 4 nitrogen and oxygen atoms in total. The predicted octanol–water partition coefficient (Wildman–Crippen LogP) is 1.86. The molecule has 1 aliphatic heterocycles. The Morgan fingerprint density at radius 3 is 2.75 bits per heavy atom. The lowest BCUT2D eigenvalue weighted by Gasteiger charge is -2.23. The number of carbonyl (C=O) groups is 2. The van der Waals surface area contributed by atoms with Crippen LogP contribution in [-0.4, -0.2) is 34.5 Å². The summed E-state index contributed by atoms with van der Waals surface area (Å²) in [5.41, 5.74) is 1.49. The molecule has 4 heteroatoms. The van der Waals surface area contributed by atoms with Gasteiger partial charge in [0.25, 0.3) is 0 Å². The highest BCUT2D eigenvalue weighted by molar-refractivity contribution is 5.98. The molecule has 20 heavy (non-hydrogen) atoms. The molecule has 1 N–H and O–H groups in total. The monoisotopic (exact) mass is 271 g/mol. The number of carbonyl (C=O) groups excluding carboxylic acids is 1. The number of fused-ring (bicyclic) bond motifs is 2. The topological polar surface area (TPSA) is 57.6 Å². The van der Waals surface area contributed by atoms with E-state index in [2.05, 4.69) is 0 Å². The molecule has 2 aliphatic rings. The van der Waals surface area contributed by atoms with Crippen LogP contribution in [0, 0.1) is 5.92 Å². The third-order valence-corrected chi connectivity index (χ3v) is 4.25. The molecule has 3 rings (SSSR count). The second-order valence-electron chi connectivity index (χ2n) is 5.41. The zero-order valence-corrected chi connectivity index (χ0v) is 11.2. The number of carboxylic acids is 1. The maximum Gasteiger partial charge on any atom is 0.332 e. The Hall–Kier alpha value is -2.10. The molecule has 1 heterocycles. The number of likely N-dealkylation sites (tertiary alicyclic amines) is 1. The highest BCUT2D eigenvalue weighted by Crippen LogP contribution is 2.36. The summed E-state index contributed by atoms with van der Waals surface area (Å²) >= 11 is 0. The van der Waals surface area contributed by atoms with E-state index in [1.807, 2.05) is 35.2 Å². The zero-order chi connectivity index (χ0) is 14.1. The van der Waals surface area contributed by atoms with Crippen LogP contribution in [0.15, 0.2) is 42.0 Å². The van der Waals surface area contributed by atoms with E-state index in [9.17, 15) is 9.59 Å². The standard InChI is InChI=1S/C16H17NO3/c18-15-14-10-12(6-7-13(14)16(19)20)17(15)9-8-11-4-2-1-3-5-11/h1-5,7,12,14H,6,8-10H2,(H,19,20)/t12-,14+/m0/s1. The second kappa shape index (κ2) is 5.12. The molecule has 1 aromatic carbocycles. The van der Waals surface area contributed by atoms with Gasteiger partial charge in [0.15, 0.2) is 0 Å². The van der Waals surface area contributed by atoms with E-state index < -0.39 is 11.9 Å². The summed E-state index contributed by atoms with van der Waals surface area (Å²) in [5, 5.41) is 9.13. The summed E-state index contributed by atoms with van der Waals surface area (Å²) in [4.78, 5) is 25.3. The SMILES string of the molecule is O=C(O)C1=CC[C@H]2C[C@H]1C(=O)N2CCc1ccccc1. The third-order valence-electron chi connectivity index (χ3n) is 4.25. The first-order valence-electron chi connectivity index (χ1n) is 6.94. The van der Waals surface area contributed by atoms with Crippen LogP contribution in [0.4, 0.5) is 0 Å². The fraction of sp³-hybridized carbons (Fsp3) is 0.375. The molecule has 0 unspecified atom stereocenters. The first-order chi connectivity index (χ1) is 9.66. The van der Waals surface area contributed by atoms with Crippen molar-refractivity contribution in [2.24, 2.45) is 5.92 Å². The lowest BCUT2D eigenvalue weighted by Crippen LogP contribution is -2.34. The molecule has 1 fully saturated rings. The van der Waals surface area contributed by atoms with Gasteiger partial charge in [-0.25, -0.2) is 4.79 Å². The number of benzene rings is 1. The van der Waals surface area contributed by atoms with E-state index in [1.165, 1.54) is 5.56 Å². The van der Waals surface area contributed by atoms with Crippen molar-refractivity contribution in [3.8, 4) is 0 Å². The average molecular weight is 271 g/mol. The maximum absolute atomic E-state index is 12.3. The molecule has 0 spiro atoms. The van der Waals surface area contributed by atoms with Crippen LogP contribution in [-0.2, 0) is 16.0 Å². The van der Waals surface area contributed by atoms with Crippen molar-refractivity contribution in [1.82, 2.24) is 4.90 Å². The van der Waals surface area contributed by atoms with Crippen molar-refractivity contribution >= 4 is 11.9 Å². The normalized spacial score (nSPS) is 24.7. The number of rotatable bonds is 4. The van der Waals surface area contributed by atoms with Gasteiger partial charge in [0.05, 0.1) is 5.92 Å². The third kappa shape index (κ3) is 2.22. The minimum Gasteiger partial charge on any atom is -0.478 e. The fourth-order valence-corrected chi connectivity index (χ4v) is 3.19. The molecular formula is C16H17NO3. The average Bonchev–Trinajstić information content (AvgIpc) is 2.70. The van der Waals surface area contributed by atoms with Crippen LogP contribution in [0.2, 0.25) is 0 Å². The Labute approximate surface area is 117 Å². The lowest BCUT2D eigenvalue weighted by atomic mass is 9.89. The van der Waals surface area contributed by atoms with Crippen LogP contribution in [0.1, 0.15) is 18.4 Å². The molecule has 0 saturated carbocycles. The second-order valence-corrected chi connectivity index (χ2v) is 5.41. The number of hydrogen-bond acceptors (Lipinski definition) is 2. The summed E-state index contributed by atoms with van der Waals surface area (Å²) in [6.45, 7) is 0.671. The van der Waals surface area contributed by atoms with Crippen molar-refractivity contribution in [3.05, 3.63) is 47.5 Å². The zero-order valence-electron chi connectivity index (χ0n) is 11.2. The van der Waals surface area contributed by atoms with Crippen LogP contribution < -0.4 is 0 Å². The van der Waals surface area contributed by atoms with Crippen LogP contribution in [0.25, 0.3) is 0 Å². The Morgan fingerprint density at radius 1 is 1.30 bits per heavy atom. The molecule has 2 atom stereocenters. The summed E-state index contributed by atoms with van der Waals surface area (Å²) in [6.07, 6.45) is 3.87. The van der Waals surface area contributed by atoms with Gasteiger partial charge in [0, 0.05) is 18.2 Å². The minimum atomic E-state index is -0.952. The molecule has 0 radical (unpaired) electrons. The van der Waals surface area contributed by atoms with E-state index in [0.717, 1.165) is 6.42 Å². The van der Waals surface area contributed by atoms with Crippen molar-refractivity contribution in [3.63, 3.8) is 0 Å². The van der Waals surface area contributed by atoms with Crippen LogP contribution in [0.5, 0.6) is 0 Å². The van der Waals surface area contributed by atoms with Gasteiger partial charge in [0.1, 0.15) is 0 Å². The van der Waals surface area contributed by atoms with E-state index in [-0.39, 0.29) is 17.5 Å². The van der Waals surface area contributed by atoms with Gasteiger partial charge in [-0.2, -0.15) is 0 Å². The predicted molar refractivity (Wildman–Crippen MR) is 74.1 cm³/mol. The van der Waals surface area contributed by atoms with Crippen molar-refractivity contribution in [2.45, 2.75) is 25.3 Å². The highest BCUT2D eigenvalue weighted by Gasteiger charge is 2.44. The highest BCUT2D eigenvalue weighted by atomic mass is 16.4. The van der Waals surface area contributed by atoms with Crippen molar-refractivity contribution in [1.29, 1.82) is 0 Å². The number of hydrogen-bond donors (Lipinski definition) is 1. The van der Waals surface area contributed by atoms with E-state index in [4.69, 9.17) is 5.11 Å². The van der Waals surface area contributed by atoms with Crippen molar-refractivity contribution in [2.75, 3.05) is 6.54 Å². The van der Waals surface area contributed by atoms with Gasteiger partial charge in [0.2, 0.25) is 5.91 Å². The smallest absolute Gasteiger partial charge is 0.332 e. The Bertz CT molecular complexity index is 564. The van der Waals surface area contributed by atoms with Gasteiger partial charge in [-0.05, 0) is 24.8 Å². The van der Waals surface area contributed by atoms with E-state index >= 15 is 0 Å². The summed E-state index contributed by atoms with van der Waals surface area (Å²) in [5.74, 6) is -1.40. The quantitative estimate of drug-likeness (QED) is 0.909. The van der Waals surface area contributed by atoms with Gasteiger partial charge in [-0.15, -0.1) is 0 Å². The number of carboxylic acid groups (broad SMARTS) is 1. The van der Waals surface area contributed by atoms with Crippen LogP contribution in [0.3, 0.4) is 0 Å². The molecule has 104 valence electrons. The number of aliphatic carboxylic acids is 1. The Kier molecular flexibility index (Phi) is 3.30. The molecule has 2 bridgehead atoms. The van der Waals surface area contributed by atoms with E-state index in [1.54, 1.807) is 6.08 Å². The van der Waals surface area contributed by atoms with Crippen molar-refractivity contribution < 1.29 is 14.7 Å². The minimum absolute atomic E-state index is 0.0166. The molecular weight excluding hydrogens is 254 g/mol. The first-order valence-corrected chi connectivity index (χ1v) is 6.94. The van der Waals surface area contributed by atoms with Gasteiger partial charge < -0.3 is 10.0 Å². The van der Waals surface area contributed by atoms with E-state index in [0.29, 0.717) is 19.4 Å². The van der Waals surface area contributed by atoms with Gasteiger partial charge in [-0.3, -0.25) is 4.79 Å². The maximum atomic E-state index is 12.3. The summed E-state index contributed by atoms with van der Waals surface area (Å²) in [7, 11) is 0. The molecule has 1 amide bonds. The number of amides is 1. The molecule has 1 aromatic rings.